The highest BCUT2D eigenvalue weighted by Crippen LogP contribution is 2.28. The molecule has 1 heterocycles. The van der Waals surface area contributed by atoms with E-state index < -0.39 is 0 Å². The number of carbonyl (C=O) groups is 1. The second kappa shape index (κ2) is 11.9. The first-order valence-electron chi connectivity index (χ1n) is 11.5. The fourth-order valence-electron chi connectivity index (χ4n) is 3.79. The molecular weight excluding hydrogens is 397 g/mol. The molecule has 1 unspecified atom stereocenters. The van der Waals surface area contributed by atoms with E-state index in [-0.39, 0.29) is 23.6 Å². The van der Waals surface area contributed by atoms with Gasteiger partial charge in [-0.05, 0) is 38.8 Å². The van der Waals surface area contributed by atoms with Gasteiger partial charge in [-0.15, -0.1) is 0 Å². The molecular formula is C23H36FN5O2. The molecule has 0 aromatic heterocycles. The number of amides is 1. The first-order valence-corrected chi connectivity index (χ1v) is 11.5. The first-order chi connectivity index (χ1) is 15.1. The van der Waals surface area contributed by atoms with Gasteiger partial charge in [0.1, 0.15) is 6.10 Å². The van der Waals surface area contributed by atoms with E-state index in [1.165, 1.54) is 12.5 Å². The molecule has 2 N–H and O–H groups in total. The number of hydrogen-bond donors (Lipinski definition) is 2. The number of carbonyl (C=O) groups excluding carboxylic acids is 1. The molecule has 31 heavy (non-hydrogen) atoms. The molecule has 2 fully saturated rings. The molecule has 3 rings (SSSR count). The summed E-state index contributed by atoms with van der Waals surface area (Å²) in [7, 11) is 0. The second-order valence-corrected chi connectivity index (χ2v) is 8.30. The summed E-state index contributed by atoms with van der Waals surface area (Å²) in [4.78, 5) is 21.3. The summed E-state index contributed by atoms with van der Waals surface area (Å²) in [6, 6.07) is 6.41. The van der Waals surface area contributed by atoms with Gasteiger partial charge < -0.3 is 20.3 Å². The van der Waals surface area contributed by atoms with Crippen LogP contribution in [0.1, 0.15) is 33.1 Å². The minimum atomic E-state index is -0.363. The Bertz CT molecular complexity index is 732. The van der Waals surface area contributed by atoms with Crippen LogP contribution in [0.2, 0.25) is 0 Å². The molecule has 7 nitrogen and oxygen atoms in total. The van der Waals surface area contributed by atoms with Crippen molar-refractivity contribution in [2.45, 2.75) is 39.2 Å². The Kier molecular flexibility index (Phi) is 8.94. The Balaban J connectivity index is 1.37. The van der Waals surface area contributed by atoms with Crippen LogP contribution in [0.5, 0.6) is 5.75 Å². The van der Waals surface area contributed by atoms with Gasteiger partial charge in [-0.2, -0.15) is 0 Å². The highest BCUT2D eigenvalue weighted by atomic mass is 19.1. The average molecular weight is 434 g/mol. The van der Waals surface area contributed by atoms with Gasteiger partial charge in [-0.25, -0.2) is 9.38 Å². The molecule has 1 aromatic rings. The number of guanidine groups is 1. The van der Waals surface area contributed by atoms with Crippen LogP contribution in [0.4, 0.5) is 4.39 Å². The van der Waals surface area contributed by atoms with Crippen LogP contribution in [0, 0.1) is 11.7 Å². The average Bonchev–Trinajstić information content (AvgIpc) is 2.73. The van der Waals surface area contributed by atoms with E-state index in [0.717, 1.165) is 64.6 Å². The van der Waals surface area contributed by atoms with Crippen molar-refractivity contribution in [1.82, 2.24) is 20.4 Å². The minimum Gasteiger partial charge on any atom is -0.486 e. The number of benzene rings is 1. The summed E-state index contributed by atoms with van der Waals surface area (Å²) >= 11 is 0. The van der Waals surface area contributed by atoms with Crippen LogP contribution in [-0.2, 0) is 4.79 Å². The van der Waals surface area contributed by atoms with Crippen LogP contribution in [0.3, 0.4) is 0 Å². The van der Waals surface area contributed by atoms with Crippen molar-refractivity contribution >= 4 is 11.9 Å². The number of halogens is 1. The minimum absolute atomic E-state index is 0.242. The van der Waals surface area contributed by atoms with Gasteiger partial charge in [0.2, 0.25) is 5.91 Å². The number of hydrogen-bond acceptors (Lipinski definition) is 4. The molecule has 1 aliphatic heterocycles. The fourth-order valence-corrected chi connectivity index (χ4v) is 3.79. The highest BCUT2D eigenvalue weighted by molar-refractivity contribution is 5.80. The van der Waals surface area contributed by atoms with Crippen LogP contribution in [-0.4, -0.2) is 80.1 Å². The van der Waals surface area contributed by atoms with Crippen molar-refractivity contribution in [3.05, 3.63) is 30.1 Å². The lowest BCUT2D eigenvalue weighted by molar-refractivity contribution is -0.139. The molecule has 0 spiro atoms. The largest absolute Gasteiger partial charge is 0.486 e. The van der Waals surface area contributed by atoms with Gasteiger partial charge >= 0.3 is 0 Å². The van der Waals surface area contributed by atoms with Gasteiger partial charge in [0, 0.05) is 51.7 Å². The van der Waals surface area contributed by atoms with Crippen LogP contribution >= 0.6 is 0 Å². The molecule has 1 saturated heterocycles. The fraction of sp³-hybridized carbons (Fsp3) is 0.652. The van der Waals surface area contributed by atoms with E-state index in [1.54, 1.807) is 18.2 Å². The lowest BCUT2D eigenvalue weighted by atomic mass is 9.84. The molecule has 1 aliphatic carbocycles. The van der Waals surface area contributed by atoms with Gasteiger partial charge in [-0.1, -0.05) is 18.6 Å². The Labute approximate surface area is 185 Å². The Morgan fingerprint density at radius 2 is 1.97 bits per heavy atom. The van der Waals surface area contributed by atoms with E-state index in [9.17, 15) is 9.18 Å². The van der Waals surface area contributed by atoms with E-state index >= 15 is 0 Å². The van der Waals surface area contributed by atoms with Gasteiger partial charge in [-0.3, -0.25) is 9.69 Å². The van der Waals surface area contributed by atoms with Crippen molar-refractivity contribution in [1.29, 1.82) is 0 Å². The maximum absolute atomic E-state index is 13.7. The SMILES string of the molecule is CCNC(=NCC(C)Oc1ccccc1F)NCCN1CCN(C(=O)C2CCC2)CC1. The number of para-hydroxylation sites is 1. The molecule has 0 radical (unpaired) electrons. The number of aliphatic imine (C=N–C) groups is 1. The predicted octanol–water partition coefficient (Wildman–Crippen LogP) is 2.09. The molecule has 8 heteroatoms. The number of nitrogens with one attached hydrogen (secondary N) is 2. The van der Waals surface area contributed by atoms with Crippen molar-refractivity contribution in [3.63, 3.8) is 0 Å². The second-order valence-electron chi connectivity index (χ2n) is 8.30. The summed E-state index contributed by atoms with van der Waals surface area (Å²) in [6.07, 6.45) is 3.10. The Morgan fingerprint density at radius 3 is 2.61 bits per heavy atom. The van der Waals surface area contributed by atoms with Crippen molar-refractivity contribution in [2.75, 3.05) is 52.4 Å². The summed E-state index contributed by atoms with van der Waals surface area (Å²) in [5.41, 5.74) is 0. The lowest BCUT2D eigenvalue weighted by Crippen LogP contribution is -2.52. The van der Waals surface area contributed by atoms with Crippen molar-refractivity contribution in [2.24, 2.45) is 10.9 Å². The van der Waals surface area contributed by atoms with Gasteiger partial charge in [0.15, 0.2) is 17.5 Å². The number of piperazine rings is 1. The van der Waals surface area contributed by atoms with E-state index in [1.807, 2.05) is 18.7 Å². The van der Waals surface area contributed by atoms with E-state index in [2.05, 4.69) is 20.5 Å². The monoisotopic (exact) mass is 433 g/mol. The molecule has 172 valence electrons. The van der Waals surface area contributed by atoms with E-state index in [0.29, 0.717) is 12.5 Å². The molecule has 0 bridgehead atoms. The smallest absolute Gasteiger partial charge is 0.225 e. The Morgan fingerprint density at radius 1 is 1.23 bits per heavy atom. The highest BCUT2D eigenvalue weighted by Gasteiger charge is 2.30. The van der Waals surface area contributed by atoms with Crippen molar-refractivity contribution in [3.8, 4) is 5.75 Å². The van der Waals surface area contributed by atoms with Crippen LogP contribution in [0.15, 0.2) is 29.3 Å². The van der Waals surface area contributed by atoms with Gasteiger partial charge in [0.05, 0.1) is 6.54 Å². The molecule has 1 amide bonds. The topological polar surface area (TPSA) is 69.2 Å². The Hall–Kier alpha value is -2.35. The van der Waals surface area contributed by atoms with Crippen LogP contribution in [0.25, 0.3) is 0 Å². The predicted molar refractivity (Wildman–Crippen MR) is 121 cm³/mol. The maximum atomic E-state index is 13.7. The molecule has 1 aromatic carbocycles. The zero-order chi connectivity index (χ0) is 22.1. The zero-order valence-corrected chi connectivity index (χ0v) is 18.8. The molecule has 1 saturated carbocycles. The molecule has 1 atom stereocenters. The summed E-state index contributed by atoms with van der Waals surface area (Å²) < 4.78 is 19.4. The molecule has 2 aliphatic rings. The lowest BCUT2D eigenvalue weighted by Gasteiger charge is -2.38. The van der Waals surface area contributed by atoms with E-state index in [4.69, 9.17) is 4.74 Å². The maximum Gasteiger partial charge on any atom is 0.225 e. The zero-order valence-electron chi connectivity index (χ0n) is 18.8. The third kappa shape index (κ3) is 7.09. The summed E-state index contributed by atoms with van der Waals surface area (Å²) in [5, 5.41) is 6.59. The summed E-state index contributed by atoms with van der Waals surface area (Å²) in [6.45, 7) is 10.2. The number of ether oxygens (including phenoxy) is 1. The third-order valence-electron chi connectivity index (χ3n) is 5.87. The third-order valence-corrected chi connectivity index (χ3v) is 5.87. The quantitative estimate of drug-likeness (QED) is 0.461. The first kappa shape index (κ1) is 23.3. The summed E-state index contributed by atoms with van der Waals surface area (Å²) in [5.74, 6) is 1.26. The van der Waals surface area contributed by atoms with Gasteiger partial charge in [0.25, 0.3) is 0 Å². The standard InChI is InChI=1S/C23H36FN5O2/c1-3-25-23(27-17-18(2)31-21-10-5-4-9-20(21)24)26-11-12-28-13-15-29(16-14-28)22(30)19-7-6-8-19/h4-5,9-10,18-19H,3,6-8,11-17H2,1-2H3,(H2,25,26,27). The van der Waals surface area contributed by atoms with Crippen LogP contribution < -0.4 is 15.4 Å². The van der Waals surface area contributed by atoms with Crippen molar-refractivity contribution < 1.29 is 13.9 Å². The number of rotatable bonds is 9. The normalized spacial score (nSPS) is 18.9. The number of nitrogens with zero attached hydrogens (tertiary/aromatic N) is 3.